The van der Waals surface area contributed by atoms with E-state index in [1.54, 1.807) is 13.1 Å². The van der Waals surface area contributed by atoms with Gasteiger partial charge in [-0.2, -0.15) is 0 Å². The number of benzene rings is 1. The number of carbonyl (C=O) groups excluding carboxylic acids is 1. The molecule has 0 saturated heterocycles. The van der Waals surface area contributed by atoms with Crippen LogP contribution in [0.2, 0.25) is 5.02 Å². The van der Waals surface area contributed by atoms with E-state index in [2.05, 4.69) is 16.9 Å². The molecule has 0 aliphatic rings. The average Bonchev–Trinajstić information content (AvgIpc) is 2.56. The van der Waals surface area contributed by atoms with Crippen molar-refractivity contribution in [3.63, 3.8) is 0 Å². The topological polar surface area (TPSA) is 51.2 Å². The average molecular weight is 335 g/mol. The molecule has 1 aromatic heterocycles. The van der Waals surface area contributed by atoms with Crippen LogP contribution in [0, 0.1) is 12.7 Å². The van der Waals surface area contributed by atoms with E-state index in [1.165, 1.54) is 25.3 Å². The summed E-state index contributed by atoms with van der Waals surface area (Å²) >= 11 is 5.72. The number of pyridine rings is 1. The third kappa shape index (κ3) is 3.05. The standard InChI is InChI=1S/C17H16ClFN2O2/c1-5-11-15(20-3)9(2)14(21-16(11)17(22)23-4)10-6-7-12(18)13(19)8-10/h5-8H,1H2,2-4H3,(H,20,21). The minimum absolute atomic E-state index is 0.0242. The predicted octanol–water partition coefficient (Wildman–Crippen LogP) is 4.32. The van der Waals surface area contributed by atoms with Crippen molar-refractivity contribution in [1.82, 2.24) is 4.98 Å². The van der Waals surface area contributed by atoms with Crippen LogP contribution in [-0.4, -0.2) is 25.1 Å². The van der Waals surface area contributed by atoms with Gasteiger partial charge in [0, 0.05) is 23.9 Å². The van der Waals surface area contributed by atoms with Crippen LogP contribution in [0.5, 0.6) is 0 Å². The maximum Gasteiger partial charge on any atom is 0.357 e. The zero-order valence-electron chi connectivity index (χ0n) is 13.0. The molecule has 0 bridgehead atoms. The lowest BCUT2D eigenvalue weighted by Gasteiger charge is -2.17. The van der Waals surface area contributed by atoms with Crippen molar-refractivity contribution < 1.29 is 13.9 Å². The third-order valence-corrected chi connectivity index (χ3v) is 3.81. The normalized spacial score (nSPS) is 10.3. The number of ether oxygens (including phenoxy) is 1. The van der Waals surface area contributed by atoms with E-state index in [4.69, 9.17) is 16.3 Å². The molecule has 0 radical (unpaired) electrons. The van der Waals surface area contributed by atoms with E-state index in [9.17, 15) is 9.18 Å². The van der Waals surface area contributed by atoms with Gasteiger partial charge in [0.25, 0.3) is 0 Å². The first-order valence-electron chi connectivity index (χ1n) is 6.83. The number of rotatable bonds is 4. The van der Waals surface area contributed by atoms with Gasteiger partial charge in [0.05, 0.1) is 17.8 Å². The summed E-state index contributed by atoms with van der Waals surface area (Å²) in [6, 6.07) is 4.38. The van der Waals surface area contributed by atoms with Crippen molar-refractivity contribution in [3.05, 3.63) is 52.4 Å². The lowest BCUT2D eigenvalue weighted by Crippen LogP contribution is -2.12. The Morgan fingerprint density at radius 2 is 2.17 bits per heavy atom. The molecule has 2 aromatic rings. The molecule has 1 heterocycles. The Kier molecular flexibility index (Phi) is 5.01. The number of hydrogen-bond acceptors (Lipinski definition) is 4. The number of hydrogen-bond donors (Lipinski definition) is 1. The van der Waals surface area contributed by atoms with Gasteiger partial charge in [-0.15, -0.1) is 0 Å². The first-order valence-corrected chi connectivity index (χ1v) is 7.20. The fraction of sp³-hybridized carbons (Fsp3) is 0.176. The molecule has 0 aliphatic heterocycles. The minimum atomic E-state index is -0.591. The molecule has 1 N–H and O–H groups in total. The van der Waals surface area contributed by atoms with Gasteiger partial charge in [0.15, 0.2) is 5.69 Å². The third-order valence-electron chi connectivity index (χ3n) is 3.50. The highest BCUT2D eigenvalue weighted by atomic mass is 35.5. The van der Waals surface area contributed by atoms with Gasteiger partial charge in [-0.1, -0.05) is 30.3 Å². The first kappa shape index (κ1) is 17.0. The van der Waals surface area contributed by atoms with Crippen LogP contribution in [0.4, 0.5) is 10.1 Å². The molecule has 0 atom stereocenters. The van der Waals surface area contributed by atoms with E-state index in [-0.39, 0.29) is 10.7 Å². The maximum atomic E-state index is 13.8. The van der Waals surface area contributed by atoms with Crippen LogP contribution in [0.3, 0.4) is 0 Å². The Hall–Kier alpha value is -2.40. The molecule has 23 heavy (non-hydrogen) atoms. The quantitative estimate of drug-likeness (QED) is 0.846. The van der Waals surface area contributed by atoms with Gasteiger partial charge in [0.2, 0.25) is 0 Å². The second kappa shape index (κ2) is 6.79. The Bertz CT molecular complexity index is 791. The van der Waals surface area contributed by atoms with Gasteiger partial charge in [-0.3, -0.25) is 0 Å². The Balaban J connectivity index is 2.80. The molecule has 0 saturated carbocycles. The molecule has 2 rings (SSSR count). The number of aromatic nitrogens is 1. The minimum Gasteiger partial charge on any atom is -0.464 e. The monoisotopic (exact) mass is 334 g/mol. The van der Waals surface area contributed by atoms with Gasteiger partial charge in [-0.05, 0) is 24.6 Å². The zero-order valence-corrected chi connectivity index (χ0v) is 13.8. The molecule has 6 heteroatoms. The van der Waals surface area contributed by atoms with Crippen molar-refractivity contribution in [2.24, 2.45) is 0 Å². The second-order valence-electron chi connectivity index (χ2n) is 4.80. The van der Waals surface area contributed by atoms with Gasteiger partial charge >= 0.3 is 5.97 Å². The number of nitrogens with one attached hydrogen (secondary N) is 1. The molecule has 1 aromatic carbocycles. The highest BCUT2D eigenvalue weighted by molar-refractivity contribution is 6.30. The predicted molar refractivity (Wildman–Crippen MR) is 90.4 cm³/mol. The SMILES string of the molecule is C=Cc1c(C(=O)OC)nc(-c2ccc(Cl)c(F)c2)c(C)c1NC. The largest absolute Gasteiger partial charge is 0.464 e. The van der Waals surface area contributed by atoms with Gasteiger partial charge in [0.1, 0.15) is 5.82 Å². The van der Waals surface area contributed by atoms with Crippen LogP contribution in [0.25, 0.3) is 17.3 Å². The lowest BCUT2D eigenvalue weighted by molar-refractivity contribution is 0.0594. The van der Waals surface area contributed by atoms with E-state index >= 15 is 0 Å². The number of esters is 1. The summed E-state index contributed by atoms with van der Waals surface area (Å²) in [7, 11) is 3.00. The van der Waals surface area contributed by atoms with Crippen molar-refractivity contribution >= 4 is 29.3 Å². The van der Waals surface area contributed by atoms with Crippen molar-refractivity contribution in [1.29, 1.82) is 0 Å². The summed E-state index contributed by atoms with van der Waals surface area (Å²) < 4.78 is 18.5. The lowest BCUT2D eigenvalue weighted by atomic mass is 10.00. The molecular weight excluding hydrogens is 319 g/mol. The summed E-state index contributed by atoms with van der Waals surface area (Å²) in [4.78, 5) is 16.4. The summed E-state index contributed by atoms with van der Waals surface area (Å²) in [5.41, 5.74) is 3.08. The molecular formula is C17H16ClFN2O2. The van der Waals surface area contributed by atoms with Gasteiger partial charge < -0.3 is 10.1 Å². The Morgan fingerprint density at radius 3 is 2.70 bits per heavy atom. The van der Waals surface area contributed by atoms with Crippen LogP contribution in [0.15, 0.2) is 24.8 Å². The van der Waals surface area contributed by atoms with E-state index in [0.717, 1.165) is 5.56 Å². The van der Waals surface area contributed by atoms with Crippen molar-refractivity contribution in [3.8, 4) is 11.3 Å². The zero-order chi connectivity index (χ0) is 17.1. The molecule has 4 nitrogen and oxygen atoms in total. The summed E-state index contributed by atoms with van der Waals surface area (Å²) in [5.74, 6) is -1.14. The molecule has 0 aliphatic carbocycles. The maximum absolute atomic E-state index is 13.8. The van der Waals surface area contributed by atoms with Gasteiger partial charge in [-0.25, -0.2) is 14.2 Å². The highest BCUT2D eigenvalue weighted by Gasteiger charge is 2.21. The van der Waals surface area contributed by atoms with Crippen LogP contribution >= 0.6 is 11.6 Å². The molecule has 0 spiro atoms. The van der Waals surface area contributed by atoms with Crippen molar-refractivity contribution in [2.75, 3.05) is 19.5 Å². The molecule has 0 amide bonds. The number of carbonyl (C=O) groups is 1. The molecule has 120 valence electrons. The summed E-state index contributed by atoms with van der Waals surface area (Å²) in [6.07, 6.45) is 1.53. The fourth-order valence-corrected chi connectivity index (χ4v) is 2.51. The van der Waals surface area contributed by atoms with E-state index in [0.29, 0.717) is 22.5 Å². The summed E-state index contributed by atoms with van der Waals surface area (Å²) in [5, 5.41) is 3.06. The molecule has 0 fully saturated rings. The smallest absolute Gasteiger partial charge is 0.357 e. The van der Waals surface area contributed by atoms with E-state index in [1.807, 2.05) is 6.92 Å². The number of nitrogens with zero attached hydrogens (tertiary/aromatic N) is 1. The Labute approximate surface area is 139 Å². The second-order valence-corrected chi connectivity index (χ2v) is 5.20. The molecule has 0 unspecified atom stereocenters. The fourth-order valence-electron chi connectivity index (χ4n) is 2.39. The number of anilines is 1. The first-order chi connectivity index (χ1) is 10.9. The Morgan fingerprint density at radius 1 is 1.48 bits per heavy atom. The highest BCUT2D eigenvalue weighted by Crippen LogP contribution is 2.33. The number of methoxy groups -OCH3 is 1. The number of halogens is 2. The van der Waals surface area contributed by atoms with E-state index < -0.39 is 11.8 Å². The van der Waals surface area contributed by atoms with Crippen LogP contribution in [0.1, 0.15) is 21.6 Å². The van der Waals surface area contributed by atoms with Crippen LogP contribution in [-0.2, 0) is 4.74 Å². The van der Waals surface area contributed by atoms with Crippen molar-refractivity contribution in [2.45, 2.75) is 6.92 Å². The summed E-state index contributed by atoms with van der Waals surface area (Å²) in [6.45, 7) is 5.55. The van der Waals surface area contributed by atoms with Crippen LogP contribution < -0.4 is 5.32 Å².